The second kappa shape index (κ2) is 9.51. The van der Waals surface area contributed by atoms with E-state index in [1.165, 1.54) is 34.9 Å². The summed E-state index contributed by atoms with van der Waals surface area (Å²) < 4.78 is 14.9. The van der Waals surface area contributed by atoms with Crippen LogP contribution in [0.4, 0.5) is 20.6 Å². The van der Waals surface area contributed by atoms with Crippen LogP contribution < -0.4 is 10.2 Å². The van der Waals surface area contributed by atoms with Gasteiger partial charge in [0.05, 0.1) is 0 Å². The first-order valence-electron chi connectivity index (χ1n) is 12.8. The van der Waals surface area contributed by atoms with E-state index in [0.717, 1.165) is 25.9 Å². The second-order valence-electron chi connectivity index (χ2n) is 10.6. The van der Waals surface area contributed by atoms with E-state index >= 15 is 0 Å². The van der Waals surface area contributed by atoms with Crippen molar-refractivity contribution in [3.63, 3.8) is 0 Å². The van der Waals surface area contributed by atoms with Crippen LogP contribution in [0.3, 0.4) is 0 Å². The Morgan fingerprint density at radius 3 is 2.57 bits per heavy atom. The zero-order chi connectivity index (χ0) is 24.7. The molecule has 1 unspecified atom stereocenters. The molecule has 35 heavy (non-hydrogen) atoms. The quantitative estimate of drug-likeness (QED) is 0.558. The SMILES string of the molecule is Cc1cc(N2CCC2)c(C(C)C)cc1CN(C(=O)Nc1ccc(C2C=NN(C)C2)c(F)c1)C1CC1. The third kappa shape index (κ3) is 5.00. The van der Waals surface area contributed by atoms with E-state index in [9.17, 15) is 9.18 Å². The van der Waals surface area contributed by atoms with Gasteiger partial charge in [-0.3, -0.25) is 5.01 Å². The highest BCUT2D eigenvalue weighted by molar-refractivity contribution is 5.90. The Bertz CT molecular complexity index is 1140. The van der Waals surface area contributed by atoms with Crippen molar-refractivity contribution >= 4 is 23.6 Å². The lowest BCUT2D eigenvalue weighted by molar-refractivity contribution is 0.206. The number of rotatable bonds is 7. The van der Waals surface area contributed by atoms with Crippen LogP contribution in [0.1, 0.15) is 67.2 Å². The number of hydrazone groups is 1. The van der Waals surface area contributed by atoms with Crippen molar-refractivity contribution in [3.05, 3.63) is 58.4 Å². The van der Waals surface area contributed by atoms with E-state index < -0.39 is 0 Å². The van der Waals surface area contributed by atoms with Gasteiger partial charge in [0.2, 0.25) is 0 Å². The first-order valence-corrected chi connectivity index (χ1v) is 12.8. The Hall–Kier alpha value is -3.09. The van der Waals surface area contributed by atoms with Gasteiger partial charge >= 0.3 is 6.03 Å². The molecule has 186 valence electrons. The van der Waals surface area contributed by atoms with Crippen molar-refractivity contribution in [2.24, 2.45) is 5.10 Å². The Balaban J connectivity index is 1.32. The third-order valence-electron chi connectivity index (χ3n) is 7.45. The molecule has 0 aromatic heterocycles. The minimum absolute atomic E-state index is 0.0647. The summed E-state index contributed by atoms with van der Waals surface area (Å²) in [6, 6.07) is 9.64. The first kappa shape index (κ1) is 23.6. The lowest BCUT2D eigenvalue weighted by atomic mass is 9.93. The van der Waals surface area contributed by atoms with Crippen LogP contribution in [-0.2, 0) is 6.54 Å². The molecule has 2 heterocycles. The van der Waals surface area contributed by atoms with Gasteiger partial charge in [-0.1, -0.05) is 26.0 Å². The largest absolute Gasteiger partial charge is 0.371 e. The van der Waals surface area contributed by atoms with Gasteiger partial charge in [-0.05, 0) is 72.6 Å². The fourth-order valence-corrected chi connectivity index (χ4v) is 5.01. The summed E-state index contributed by atoms with van der Waals surface area (Å²) in [7, 11) is 1.87. The molecule has 2 aromatic rings. The van der Waals surface area contributed by atoms with Gasteiger partial charge in [-0.25, -0.2) is 9.18 Å². The fourth-order valence-electron chi connectivity index (χ4n) is 5.01. The summed E-state index contributed by atoms with van der Waals surface area (Å²) >= 11 is 0. The van der Waals surface area contributed by atoms with Crippen molar-refractivity contribution in [1.82, 2.24) is 9.91 Å². The second-order valence-corrected chi connectivity index (χ2v) is 10.6. The molecular weight excluding hydrogens is 441 g/mol. The predicted octanol–water partition coefficient (Wildman–Crippen LogP) is 5.68. The number of halogens is 1. The summed E-state index contributed by atoms with van der Waals surface area (Å²) in [5.74, 6) is 0.0379. The van der Waals surface area contributed by atoms with Gasteiger partial charge in [0, 0.05) is 62.8 Å². The van der Waals surface area contributed by atoms with Crippen LogP contribution in [0.5, 0.6) is 0 Å². The van der Waals surface area contributed by atoms with Crippen LogP contribution in [0.25, 0.3) is 0 Å². The molecule has 2 aromatic carbocycles. The molecule has 2 aliphatic heterocycles. The Morgan fingerprint density at radius 1 is 1.23 bits per heavy atom. The molecular formula is C28H36FN5O. The standard InChI is InChI=1S/C28H36FN5O/c1-18(2)25-13-20(19(3)12-27(25)33-10-5-11-33)17-34(23-7-8-23)28(35)31-22-6-9-24(26(29)14-22)21-15-30-32(4)16-21/h6,9,12-15,18,21,23H,5,7-8,10-11,16-17H2,1-4H3,(H,31,35). The number of anilines is 2. The molecule has 1 saturated heterocycles. The number of amides is 2. The number of carbonyl (C=O) groups excluding carboxylic acids is 1. The monoisotopic (exact) mass is 477 g/mol. The number of likely N-dealkylation sites (N-methyl/N-ethyl adjacent to an activating group) is 1. The lowest BCUT2D eigenvalue weighted by Crippen LogP contribution is -2.38. The average molecular weight is 478 g/mol. The minimum Gasteiger partial charge on any atom is -0.371 e. The van der Waals surface area contributed by atoms with E-state index in [4.69, 9.17) is 0 Å². The molecule has 1 saturated carbocycles. The summed E-state index contributed by atoms with van der Waals surface area (Å²) in [6.45, 7) is 10.1. The normalized spacial score (nSPS) is 19.3. The summed E-state index contributed by atoms with van der Waals surface area (Å²) in [6.07, 6.45) is 5.04. The summed E-state index contributed by atoms with van der Waals surface area (Å²) in [5, 5.41) is 8.96. The third-order valence-corrected chi connectivity index (χ3v) is 7.45. The molecule has 1 atom stereocenters. The Labute approximate surface area is 207 Å². The van der Waals surface area contributed by atoms with Crippen LogP contribution in [0.15, 0.2) is 35.4 Å². The smallest absolute Gasteiger partial charge is 0.322 e. The van der Waals surface area contributed by atoms with E-state index in [2.05, 4.69) is 48.2 Å². The minimum atomic E-state index is -0.313. The van der Waals surface area contributed by atoms with Gasteiger partial charge in [-0.2, -0.15) is 5.10 Å². The zero-order valence-electron chi connectivity index (χ0n) is 21.2. The average Bonchev–Trinajstić information content (AvgIpc) is 3.51. The maximum absolute atomic E-state index is 14.9. The molecule has 6 nitrogen and oxygen atoms in total. The molecule has 0 radical (unpaired) electrons. The molecule has 2 fully saturated rings. The fraction of sp³-hybridized carbons (Fsp3) is 0.500. The van der Waals surface area contributed by atoms with Crippen molar-refractivity contribution in [2.75, 3.05) is 36.9 Å². The number of hydrogen-bond acceptors (Lipinski definition) is 4. The number of benzene rings is 2. The molecule has 2 amide bonds. The van der Waals surface area contributed by atoms with Gasteiger partial charge in [0.25, 0.3) is 0 Å². The van der Waals surface area contributed by atoms with Crippen LogP contribution in [-0.4, -0.2) is 54.9 Å². The highest BCUT2D eigenvalue weighted by Crippen LogP contribution is 2.35. The first-order chi connectivity index (χ1) is 16.8. The maximum atomic E-state index is 14.9. The summed E-state index contributed by atoms with van der Waals surface area (Å²) in [5.41, 5.74) is 6.18. The van der Waals surface area contributed by atoms with Gasteiger partial charge in [0.15, 0.2) is 0 Å². The van der Waals surface area contributed by atoms with Gasteiger partial charge in [0.1, 0.15) is 5.82 Å². The number of nitrogens with one attached hydrogen (secondary N) is 1. The molecule has 1 N–H and O–H groups in total. The van der Waals surface area contributed by atoms with Crippen LogP contribution in [0.2, 0.25) is 0 Å². The van der Waals surface area contributed by atoms with Crippen molar-refractivity contribution in [2.45, 2.75) is 64.5 Å². The molecule has 5 rings (SSSR count). The van der Waals surface area contributed by atoms with E-state index in [1.807, 2.05) is 11.9 Å². The molecule has 1 aliphatic carbocycles. The van der Waals surface area contributed by atoms with Gasteiger partial charge < -0.3 is 15.1 Å². The number of aryl methyl sites for hydroxylation is 1. The van der Waals surface area contributed by atoms with Crippen LogP contribution in [0, 0.1) is 12.7 Å². The molecule has 7 heteroatoms. The molecule has 3 aliphatic rings. The number of nitrogens with zero attached hydrogens (tertiary/aromatic N) is 4. The predicted molar refractivity (Wildman–Crippen MR) is 140 cm³/mol. The molecule has 0 spiro atoms. The highest BCUT2D eigenvalue weighted by atomic mass is 19.1. The topological polar surface area (TPSA) is 51.2 Å². The van der Waals surface area contributed by atoms with Crippen molar-refractivity contribution < 1.29 is 9.18 Å². The number of carbonyl (C=O) groups is 1. The Kier molecular flexibility index (Phi) is 6.43. The Morgan fingerprint density at radius 2 is 2.00 bits per heavy atom. The summed E-state index contributed by atoms with van der Waals surface area (Å²) in [4.78, 5) is 17.7. The number of urea groups is 1. The number of hydrogen-bond donors (Lipinski definition) is 1. The van der Waals surface area contributed by atoms with E-state index in [1.54, 1.807) is 23.4 Å². The van der Waals surface area contributed by atoms with E-state index in [0.29, 0.717) is 30.3 Å². The van der Waals surface area contributed by atoms with Crippen molar-refractivity contribution in [1.29, 1.82) is 0 Å². The van der Waals surface area contributed by atoms with Gasteiger partial charge in [-0.15, -0.1) is 0 Å². The molecule has 0 bridgehead atoms. The van der Waals surface area contributed by atoms with E-state index in [-0.39, 0.29) is 23.8 Å². The lowest BCUT2D eigenvalue weighted by Gasteiger charge is -2.36. The zero-order valence-corrected chi connectivity index (χ0v) is 21.2. The van der Waals surface area contributed by atoms with Crippen LogP contribution >= 0.6 is 0 Å². The maximum Gasteiger partial charge on any atom is 0.322 e. The highest BCUT2D eigenvalue weighted by Gasteiger charge is 2.33. The van der Waals surface area contributed by atoms with Crippen molar-refractivity contribution in [3.8, 4) is 0 Å².